The van der Waals surface area contributed by atoms with Gasteiger partial charge in [0.25, 0.3) is 5.91 Å². The molecule has 6 rings (SSSR count). The summed E-state index contributed by atoms with van der Waals surface area (Å²) in [5, 5.41) is 0. The van der Waals surface area contributed by atoms with Crippen molar-refractivity contribution in [1.82, 2.24) is 4.90 Å². The van der Waals surface area contributed by atoms with Crippen LogP contribution >= 0.6 is 0 Å². The van der Waals surface area contributed by atoms with Gasteiger partial charge in [0.15, 0.2) is 6.61 Å². The number of carbonyl (C=O) groups excluding carboxylic acids is 3. The number of benzene rings is 2. The summed E-state index contributed by atoms with van der Waals surface area (Å²) in [7, 11) is 1.65. The normalized spacial score (nSPS) is 21.9. The molecule has 2 aliphatic carbocycles. The summed E-state index contributed by atoms with van der Waals surface area (Å²) in [6.45, 7) is 7.48. The number of rotatable bonds is 9. The molecule has 2 aliphatic heterocycles. The average Bonchev–Trinajstić information content (AvgIpc) is 3.84. The molecule has 1 saturated heterocycles. The molecule has 0 bridgehead atoms. The molecule has 0 radical (unpaired) electrons. The fourth-order valence-corrected chi connectivity index (χ4v) is 6.85. The number of piperidine rings is 1. The summed E-state index contributed by atoms with van der Waals surface area (Å²) in [6, 6.07) is 14.6. The number of amides is 3. The van der Waals surface area contributed by atoms with E-state index in [1.807, 2.05) is 43.9 Å². The smallest absolute Gasteiger partial charge is 0.410 e. The van der Waals surface area contributed by atoms with Gasteiger partial charge in [-0.15, -0.1) is 0 Å². The van der Waals surface area contributed by atoms with Crippen molar-refractivity contribution in [2.45, 2.75) is 89.2 Å². The first-order chi connectivity index (χ1) is 21.6. The first-order valence-electron chi connectivity index (χ1n) is 16.6. The number of hydrogen-bond acceptors (Lipinski definition) is 6. The monoisotopic (exact) mass is 617 g/mol. The standard InChI is InChI=1S/C36H47N3O6/c1-36(2,3)45-35(42)37-18-16-29(26-9-5-8-25(20-26)24-12-13-24)30(22-37)34(41)39(27-10-6-11-27)28-14-15-32-31(21-28)38(17-7-19-43-4)33(40)23-44-32/h5,8-9,14-15,20-21,24,27,29-30H,6-7,10-13,16-19,22-23H2,1-4H3/t29-,30+/m1/s1. The van der Waals surface area contributed by atoms with E-state index in [4.69, 9.17) is 14.2 Å². The van der Waals surface area contributed by atoms with Crippen molar-refractivity contribution in [2.75, 3.05) is 49.8 Å². The number of ether oxygens (including phenoxy) is 3. The zero-order chi connectivity index (χ0) is 31.7. The van der Waals surface area contributed by atoms with E-state index < -0.39 is 11.5 Å². The van der Waals surface area contributed by atoms with Gasteiger partial charge in [0.05, 0.1) is 11.6 Å². The molecule has 0 aromatic heterocycles. The molecule has 242 valence electrons. The average molecular weight is 618 g/mol. The lowest BCUT2D eigenvalue weighted by atomic mass is 9.78. The van der Waals surface area contributed by atoms with Crippen LogP contribution in [0.1, 0.15) is 88.7 Å². The van der Waals surface area contributed by atoms with Crippen molar-refractivity contribution in [3.8, 4) is 5.75 Å². The molecule has 3 amide bonds. The topological polar surface area (TPSA) is 88.6 Å². The highest BCUT2D eigenvalue weighted by atomic mass is 16.6. The van der Waals surface area contributed by atoms with E-state index in [2.05, 4.69) is 24.3 Å². The summed E-state index contributed by atoms with van der Waals surface area (Å²) in [6.07, 6.45) is 6.32. The van der Waals surface area contributed by atoms with Crippen molar-refractivity contribution < 1.29 is 28.6 Å². The molecule has 0 spiro atoms. The van der Waals surface area contributed by atoms with Gasteiger partial charge in [0.1, 0.15) is 11.4 Å². The van der Waals surface area contributed by atoms with Crippen LogP contribution in [-0.2, 0) is 19.1 Å². The largest absolute Gasteiger partial charge is 0.482 e. The Balaban J connectivity index is 1.34. The highest BCUT2D eigenvalue weighted by Crippen LogP contribution is 2.44. The van der Waals surface area contributed by atoms with E-state index >= 15 is 0 Å². The van der Waals surface area contributed by atoms with Gasteiger partial charge >= 0.3 is 6.09 Å². The van der Waals surface area contributed by atoms with E-state index in [0.717, 1.165) is 24.9 Å². The Hall–Kier alpha value is -3.59. The van der Waals surface area contributed by atoms with Crippen LogP contribution in [0.3, 0.4) is 0 Å². The molecule has 9 heteroatoms. The zero-order valence-electron chi connectivity index (χ0n) is 27.1. The fourth-order valence-electron chi connectivity index (χ4n) is 6.85. The minimum Gasteiger partial charge on any atom is -0.482 e. The Morgan fingerprint density at radius 3 is 2.49 bits per heavy atom. The van der Waals surface area contributed by atoms with Crippen molar-refractivity contribution in [2.24, 2.45) is 5.92 Å². The minimum atomic E-state index is -0.623. The maximum absolute atomic E-state index is 14.9. The maximum Gasteiger partial charge on any atom is 0.410 e. The first-order valence-corrected chi connectivity index (χ1v) is 16.6. The lowest BCUT2D eigenvalue weighted by Crippen LogP contribution is -2.54. The van der Waals surface area contributed by atoms with E-state index in [-0.39, 0.29) is 36.5 Å². The van der Waals surface area contributed by atoms with Crippen LogP contribution in [0.25, 0.3) is 0 Å². The molecule has 0 unspecified atom stereocenters. The summed E-state index contributed by atoms with van der Waals surface area (Å²) >= 11 is 0. The minimum absolute atomic E-state index is 0.00518. The first kappa shape index (κ1) is 31.4. The van der Waals surface area contributed by atoms with Crippen molar-refractivity contribution in [1.29, 1.82) is 0 Å². The summed E-state index contributed by atoms with van der Waals surface area (Å²) < 4.78 is 16.8. The number of hydrogen-bond donors (Lipinski definition) is 0. The molecule has 2 aromatic carbocycles. The molecule has 3 fully saturated rings. The van der Waals surface area contributed by atoms with Crippen LogP contribution in [-0.4, -0.2) is 74.4 Å². The molecule has 2 heterocycles. The molecule has 2 atom stereocenters. The number of methoxy groups -OCH3 is 1. The molecule has 2 aromatic rings. The summed E-state index contributed by atoms with van der Waals surface area (Å²) in [4.78, 5) is 46.6. The van der Waals surface area contributed by atoms with Crippen molar-refractivity contribution >= 4 is 29.3 Å². The quantitative estimate of drug-likeness (QED) is 0.309. The summed E-state index contributed by atoms with van der Waals surface area (Å²) in [5.41, 5.74) is 3.34. The molecular weight excluding hydrogens is 570 g/mol. The molecule has 45 heavy (non-hydrogen) atoms. The number of carbonyl (C=O) groups is 3. The van der Waals surface area contributed by atoms with Crippen LogP contribution in [0.5, 0.6) is 5.75 Å². The second-order valence-corrected chi connectivity index (χ2v) is 14.0. The number of nitrogens with zero attached hydrogens (tertiary/aromatic N) is 3. The molecule has 0 N–H and O–H groups in total. The Bertz CT molecular complexity index is 1410. The second kappa shape index (κ2) is 13.0. The van der Waals surface area contributed by atoms with Gasteiger partial charge in [-0.2, -0.15) is 0 Å². The Kier molecular flexibility index (Phi) is 9.09. The molecule has 4 aliphatic rings. The summed E-state index contributed by atoms with van der Waals surface area (Å²) in [5.74, 6) is 0.704. The third-order valence-corrected chi connectivity index (χ3v) is 9.54. The molecule has 2 saturated carbocycles. The number of fused-ring (bicyclic) bond motifs is 1. The van der Waals surface area contributed by atoms with Gasteiger partial charge < -0.3 is 28.9 Å². The number of likely N-dealkylation sites (tertiary alicyclic amines) is 1. The van der Waals surface area contributed by atoms with Gasteiger partial charge in [-0.1, -0.05) is 24.3 Å². The van der Waals surface area contributed by atoms with Crippen LogP contribution in [0.2, 0.25) is 0 Å². The van der Waals surface area contributed by atoms with E-state index in [0.29, 0.717) is 56.4 Å². The van der Waals surface area contributed by atoms with E-state index in [1.165, 1.54) is 24.0 Å². The van der Waals surface area contributed by atoms with Gasteiger partial charge in [-0.3, -0.25) is 9.59 Å². The van der Waals surface area contributed by atoms with E-state index in [1.54, 1.807) is 16.9 Å². The van der Waals surface area contributed by atoms with Crippen LogP contribution < -0.4 is 14.5 Å². The predicted molar refractivity (Wildman–Crippen MR) is 173 cm³/mol. The van der Waals surface area contributed by atoms with Gasteiger partial charge in [0, 0.05) is 45.1 Å². The zero-order valence-corrected chi connectivity index (χ0v) is 27.1. The fraction of sp³-hybridized carbons (Fsp3) is 0.583. The Labute approximate surface area is 266 Å². The molecule has 9 nitrogen and oxygen atoms in total. The highest BCUT2D eigenvalue weighted by molar-refractivity contribution is 6.01. The van der Waals surface area contributed by atoms with Gasteiger partial charge in [-0.25, -0.2) is 4.79 Å². The highest BCUT2D eigenvalue weighted by Gasteiger charge is 2.43. The lowest BCUT2D eigenvalue weighted by Gasteiger charge is -2.44. The van der Waals surface area contributed by atoms with Crippen LogP contribution in [0, 0.1) is 5.92 Å². The Morgan fingerprint density at radius 1 is 1.02 bits per heavy atom. The van der Waals surface area contributed by atoms with Crippen molar-refractivity contribution in [3.05, 3.63) is 53.6 Å². The van der Waals surface area contributed by atoms with Gasteiger partial charge in [-0.05, 0) is 107 Å². The number of anilines is 2. The van der Waals surface area contributed by atoms with Crippen molar-refractivity contribution in [3.63, 3.8) is 0 Å². The van der Waals surface area contributed by atoms with E-state index in [9.17, 15) is 14.4 Å². The third-order valence-electron chi connectivity index (χ3n) is 9.54. The lowest BCUT2D eigenvalue weighted by molar-refractivity contribution is -0.125. The maximum atomic E-state index is 14.9. The third kappa shape index (κ3) is 6.98. The van der Waals surface area contributed by atoms with Gasteiger partial charge in [0.2, 0.25) is 5.91 Å². The van der Waals surface area contributed by atoms with Crippen LogP contribution in [0.15, 0.2) is 42.5 Å². The SMILES string of the molecule is COCCCN1C(=O)COc2ccc(N(C(=O)[C@H]3CN(C(=O)OC(C)(C)C)CC[C@@H]3c3cccc(C4CC4)c3)C3CCC3)cc21. The molecular formula is C36H47N3O6. The predicted octanol–water partition coefficient (Wildman–Crippen LogP) is 6.25. The second-order valence-electron chi connectivity index (χ2n) is 14.0. The van der Waals surface area contributed by atoms with Crippen LogP contribution in [0.4, 0.5) is 16.2 Å². The Morgan fingerprint density at radius 2 is 1.80 bits per heavy atom.